The highest BCUT2D eigenvalue weighted by Crippen LogP contribution is 2.37. The zero-order valence-electron chi connectivity index (χ0n) is 18.8. The van der Waals surface area contributed by atoms with Crippen molar-refractivity contribution in [1.29, 1.82) is 0 Å². The van der Waals surface area contributed by atoms with Crippen molar-refractivity contribution in [1.82, 2.24) is 20.5 Å². The van der Waals surface area contributed by atoms with E-state index in [1.807, 2.05) is 0 Å². The minimum absolute atomic E-state index is 0.0368. The molecule has 0 spiro atoms. The maximum absolute atomic E-state index is 13.2. The summed E-state index contributed by atoms with van der Waals surface area (Å²) in [7, 11) is 1.52. The Hall–Kier alpha value is -4.41. The summed E-state index contributed by atoms with van der Waals surface area (Å²) in [4.78, 5) is 58.4. The first-order valence-electron chi connectivity index (χ1n) is 11.2. The van der Waals surface area contributed by atoms with Crippen LogP contribution in [0.4, 0.5) is 10.6 Å². The van der Waals surface area contributed by atoms with Gasteiger partial charge in [0, 0.05) is 31.3 Å². The number of furan rings is 1. The Bertz CT molecular complexity index is 1430. The minimum atomic E-state index is -1.65. The van der Waals surface area contributed by atoms with Crippen molar-refractivity contribution in [2.75, 3.05) is 25.1 Å². The number of hydrogen-bond acceptors (Lipinski definition) is 7. The SMILES string of the molecule is COc1ccc2c(c1)C(=O)N(CC1(c3cc4c(N5CCCC5=O)nccc4o3)NC(=O)NC1=O)C2. The molecule has 0 saturated carbocycles. The van der Waals surface area contributed by atoms with E-state index in [9.17, 15) is 19.2 Å². The van der Waals surface area contributed by atoms with E-state index in [-0.39, 0.29) is 30.7 Å². The van der Waals surface area contributed by atoms with Gasteiger partial charge in [-0.3, -0.25) is 24.6 Å². The number of fused-ring (bicyclic) bond motifs is 2. The van der Waals surface area contributed by atoms with Gasteiger partial charge < -0.3 is 19.4 Å². The monoisotopic (exact) mass is 475 g/mol. The zero-order chi connectivity index (χ0) is 24.3. The Labute approximate surface area is 199 Å². The number of nitrogens with one attached hydrogen (secondary N) is 2. The third kappa shape index (κ3) is 3.15. The third-order valence-corrected chi connectivity index (χ3v) is 6.74. The molecule has 2 N–H and O–H groups in total. The number of methoxy groups -OCH3 is 1. The molecule has 3 aliphatic rings. The molecule has 1 unspecified atom stereocenters. The number of carbonyl (C=O) groups excluding carboxylic acids is 4. The first-order valence-corrected chi connectivity index (χ1v) is 11.2. The van der Waals surface area contributed by atoms with Crippen LogP contribution in [0.15, 0.2) is 40.9 Å². The summed E-state index contributed by atoms with van der Waals surface area (Å²) in [5, 5.41) is 5.49. The Balaban J connectivity index is 1.41. The molecular formula is C24H21N5O6. The molecule has 11 heteroatoms. The van der Waals surface area contributed by atoms with Crippen molar-refractivity contribution in [2.24, 2.45) is 0 Å². The highest BCUT2D eigenvalue weighted by atomic mass is 16.5. The van der Waals surface area contributed by atoms with Gasteiger partial charge in [0.2, 0.25) is 5.91 Å². The summed E-state index contributed by atoms with van der Waals surface area (Å²) in [6, 6.07) is 7.79. The predicted octanol–water partition coefficient (Wildman–Crippen LogP) is 1.65. The lowest BCUT2D eigenvalue weighted by Gasteiger charge is -2.29. The van der Waals surface area contributed by atoms with Gasteiger partial charge >= 0.3 is 6.03 Å². The van der Waals surface area contributed by atoms with Gasteiger partial charge in [0.25, 0.3) is 11.8 Å². The largest absolute Gasteiger partial charge is 0.497 e. The molecule has 2 aromatic heterocycles. The van der Waals surface area contributed by atoms with Crippen molar-refractivity contribution in [2.45, 2.75) is 24.9 Å². The number of amides is 5. The summed E-state index contributed by atoms with van der Waals surface area (Å²) in [5.41, 5.74) is 0.0375. The molecule has 0 bridgehead atoms. The van der Waals surface area contributed by atoms with E-state index in [0.29, 0.717) is 41.1 Å². The molecule has 1 aromatic carbocycles. The van der Waals surface area contributed by atoms with Gasteiger partial charge in [-0.2, -0.15) is 0 Å². The van der Waals surface area contributed by atoms with E-state index < -0.39 is 17.5 Å². The van der Waals surface area contributed by atoms with Crippen LogP contribution in [0.1, 0.15) is 34.5 Å². The number of hydrogen-bond donors (Lipinski definition) is 2. The number of aromatic nitrogens is 1. The van der Waals surface area contributed by atoms with Crippen LogP contribution in [0.2, 0.25) is 0 Å². The zero-order valence-corrected chi connectivity index (χ0v) is 18.8. The molecule has 0 aliphatic carbocycles. The van der Waals surface area contributed by atoms with Crippen molar-refractivity contribution in [3.63, 3.8) is 0 Å². The lowest BCUT2D eigenvalue weighted by Crippen LogP contribution is -2.52. The molecule has 35 heavy (non-hydrogen) atoms. The molecule has 1 atom stereocenters. The van der Waals surface area contributed by atoms with Crippen LogP contribution in [0.3, 0.4) is 0 Å². The van der Waals surface area contributed by atoms with Gasteiger partial charge in [-0.1, -0.05) is 6.07 Å². The highest BCUT2D eigenvalue weighted by Gasteiger charge is 2.53. The average molecular weight is 475 g/mol. The first-order chi connectivity index (χ1) is 16.9. The maximum atomic E-state index is 13.2. The Morgan fingerprint density at radius 2 is 2.03 bits per heavy atom. The molecule has 5 heterocycles. The Morgan fingerprint density at radius 1 is 1.17 bits per heavy atom. The second-order valence-corrected chi connectivity index (χ2v) is 8.80. The van der Waals surface area contributed by atoms with Gasteiger partial charge in [0.05, 0.1) is 19.0 Å². The third-order valence-electron chi connectivity index (χ3n) is 6.74. The maximum Gasteiger partial charge on any atom is 0.322 e. The van der Waals surface area contributed by atoms with E-state index >= 15 is 0 Å². The van der Waals surface area contributed by atoms with E-state index in [4.69, 9.17) is 9.15 Å². The van der Waals surface area contributed by atoms with Crippen LogP contribution < -0.4 is 20.3 Å². The highest BCUT2D eigenvalue weighted by molar-refractivity contribution is 6.09. The summed E-state index contributed by atoms with van der Waals surface area (Å²) in [6.45, 7) is 0.655. The molecule has 6 rings (SSSR count). The molecule has 0 radical (unpaired) electrons. The van der Waals surface area contributed by atoms with Gasteiger partial charge in [-0.05, 0) is 36.2 Å². The van der Waals surface area contributed by atoms with Gasteiger partial charge in [0.1, 0.15) is 22.9 Å². The number of anilines is 1. The van der Waals surface area contributed by atoms with Crippen LogP contribution >= 0.6 is 0 Å². The Morgan fingerprint density at radius 3 is 2.74 bits per heavy atom. The van der Waals surface area contributed by atoms with Crippen LogP contribution in [0, 0.1) is 0 Å². The fourth-order valence-electron chi connectivity index (χ4n) is 4.98. The Kier molecular flexibility index (Phi) is 4.56. The average Bonchev–Trinajstić information content (AvgIpc) is 3.60. The number of nitrogens with zero attached hydrogens (tertiary/aromatic N) is 3. The summed E-state index contributed by atoms with van der Waals surface area (Å²) in [6.07, 6.45) is 2.70. The quantitative estimate of drug-likeness (QED) is 0.536. The number of imide groups is 1. The van der Waals surface area contributed by atoms with Gasteiger partial charge in [-0.25, -0.2) is 9.78 Å². The van der Waals surface area contributed by atoms with Crippen molar-refractivity contribution < 1.29 is 28.3 Å². The fraction of sp³-hybridized carbons (Fsp3) is 0.292. The van der Waals surface area contributed by atoms with E-state index in [1.165, 1.54) is 18.2 Å². The normalized spacial score (nSPS) is 21.6. The number of urea groups is 1. The lowest BCUT2D eigenvalue weighted by molar-refractivity contribution is -0.125. The number of benzene rings is 1. The van der Waals surface area contributed by atoms with Crippen LogP contribution in [0.5, 0.6) is 5.75 Å². The van der Waals surface area contributed by atoms with E-state index in [1.54, 1.807) is 35.2 Å². The molecule has 3 aliphatic heterocycles. The summed E-state index contributed by atoms with van der Waals surface area (Å²) in [5.74, 6) is 0.192. The van der Waals surface area contributed by atoms with Crippen molar-refractivity contribution in [3.8, 4) is 5.75 Å². The van der Waals surface area contributed by atoms with E-state index in [0.717, 1.165) is 12.0 Å². The second kappa shape index (κ2) is 7.55. The second-order valence-electron chi connectivity index (χ2n) is 8.80. The minimum Gasteiger partial charge on any atom is -0.497 e. The van der Waals surface area contributed by atoms with Crippen LogP contribution in [-0.2, 0) is 21.7 Å². The van der Waals surface area contributed by atoms with Gasteiger partial charge in [0.15, 0.2) is 5.54 Å². The molecule has 3 aromatic rings. The van der Waals surface area contributed by atoms with Crippen LogP contribution in [-0.4, -0.2) is 53.8 Å². The first kappa shape index (κ1) is 21.1. The van der Waals surface area contributed by atoms with Crippen molar-refractivity contribution in [3.05, 3.63) is 53.4 Å². The van der Waals surface area contributed by atoms with Gasteiger partial charge in [-0.15, -0.1) is 0 Å². The molecule has 2 fully saturated rings. The number of carbonyl (C=O) groups is 4. The lowest BCUT2D eigenvalue weighted by atomic mass is 9.95. The standard InChI is InChI=1S/C24H21N5O6/c1-34-14-5-4-13-11-28(21(31)15(13)9-14)12-24(22(32)26-23(33)27-24)18-10-16-17(35-18)6-7-25-20(16)29-8-2-3-19(29)30/h4-7,9-10H,2-3,8,11-12H2,1H3,(H2,26,27,32,33). The number of rotatable bonds is 5. The topological polar surface area (TPSA) is 134 Å². The molecule has 11 nitrogen and oxygen atoms in total. The number of pyridine rings is 1. The molecular weight excluding hydrogens is 454 g/mol. The van der Waals surface area contributed by atoms with Crippen LogP contribution in [0.25, 0.3) is 11.0 Å². The molecule has 5 amide bonds. The van der Waals surface area contributed by atoms with E-state index in [2.05, 4.69) is 15.6 Å². The summed E-state index contributed by atoms with van der Waals surface area (Å²) >= 11 is 0. The smallest absolute Gasteiger partial charge is 0.322 e. The van der Waals surface area contributed by atoms with Crippen molar-refractivity contribution >= 4 is 40.5 Å². The molecule has 178 valence electrons. The predicted molar refractivity (Wildman–Crippen MR) is 122 cm³/mol. The molecule has 2 saturated heterocycles. The number of ether oxygens (including phenoxy) is 1. The fourth-order valence-corrected chi connectivity index (χ4v) is 4.98. The summed E-state index contributed by atoms with van der Waals surface area (Å²) < 4.78 is 11.3.